The van der Waals surface area contributed by atoms with Crippen LogP contribution in [0.3, 0.4) is 0 Å². The predicted molar refractivity (Wildman–Crippen MR) is 240 cm³/mol. The fourth-order valence-corrected chi connectivity index (χ4v) is 8.26. The van der Waals surface area contributed by atoms with E-state index in [1.54, 1.807) is 4.90 Å². The highest BCUT2D eigenvalue weighted by atomic mass is 16.7. The summed E-state index contributed by atoms with van der Waals surface area (Å²) in [5.41, 5.74) is 5.53. The maximum Gasteiger partial charge on any atom is 0.237 e. The Balaban J connectivity index is 1.68. The van der Waals surface area contributed by atoms with Crippen LogP contribution in [0.2, 0.25) is 0 Å². The lowest BCUT2D eigenvalue weighted by Gasteiger charge is -2.40. The lowest BCUT2D eigenvalue weighted by Crippen LogP contribution is -2.60. The van der Waals surface area contributed by atoms with E-state index in [9.17, 15) is 80.5 Å². The van der Waals surface area contributed by atoms with Gasteiger partial charge in [-0.25, -0.2) is 0 Å². The molecule has 17 atom stereocenters. The second-order valence-electron chi connectivity index (χ2n) is 17.9. The first-order valence-electron chi connectivity index (χ1n) is 24.2. The number of carbonyl (C=O) groups is 4. The van der Waals surface area contributed by atoms with Gasteiger partial charge in [0, 0.05) is 38.9 Å². The van der Waals surface area contributed by atoms with Crippen molar-refractivity contribution in [3.8, 4) is 0 Å². The molecule has 0 aromatic carbocycles. The summed E-state index contributed by atoms with van der Waals surface area (Å²) in [5.74, 6) is -0.991. The summed E-state index contributed by atoms with van der Waals surface area (Å²) in [6.07, 6.45) is -18.5. The number of nitrogens with two attached hydrogens (primary N) is 1. The van der Waals surface area contributed by atoms with Gasteiger partial charge in [0.15, 0.2) is 24.7 Å². The summed E-state index contributed by atoms with van der Waals surface area (Å²) in [6, 6.07) is -1.58. The zero-order valence-corrected chi connectivity index (χ0v) is 39.8. The van der Waals surface area contributed by atoms with Crippen LogP contribution in [0.5, 0.6) is 0 Å². The fourth-order valence-electron chi connectivity index (χ4n) is 8.26. The van der Waals surface area contributed by atoms with Crippen molar-refractivity contribution in [2.45, 2.75) is 188 Å². The summed E-state index contributed by atoms with van der Waals surface area (Å²) in [6.45, 7) is -1.42. The highest BCUT2D eigenvalue weighted by molar-refractivity contribution is 5.87. The molecule has 0 radical (unpaired) electrons. The molecule has 3 aliphatic heterocycles. The van der Waals surface area contributed by atoms with E-state index in [-0.39, 0.29) is 82.6 Å². The van der Waals surface area contributed by atoms with Crippen LogP contribution < -0.4 is 16.4 Å². The Kier molecular flexibility index (Phi) is 28.8. The van der Waals surface area contributed by atoms with Crippen LogP contribution in [0.25, 0.3) is 0 Å². The van der Waals surface area contributed by atoms with Crippen LogP contribution in [0.1, 0.15) is 84.0 Å². The van der Waals surface area contributed by atoms with Gasteiger partial charge in [0.2, 0.25) is 11.8 Å². The van der Waals surface area contributed by atoms with Gasteiger partial charge in [-0.05, 0) is 58.4 Å². The second-order valence-corrected chi connectivity index (χ2v) is 17.9. The number of hydrogen-bond acceptors (Lipinski definition) is 24. The van der Waals surface area contributed by atoms with Gasteiger partial charge in [-0.2, -0.15) is 0 Å². The van der Waals surface area contributed by atoms with Crippen LogP contribution in [0.15, 0.2) is 0 Å². The quantitative estimate of drug-likeness (QED) is 0.0267. The maximum atomic E-state index is 14.1. The van der Waals surface area contributed by atoms with Crippen LogP contribution in [-0.2, 0) is 47.6 Å². The monoisotopic (exact) mass is 1020 g/mol. The Hall–Kier alpha value is -2.52. The average molecular weight is 1020 g/mol. The first kappa shape index (κ1) is 61.8. The molecule has 0 saturated carbocycles. The number of ether oxygens (including phenoxy) is 6. The van der Waals surface area contributed by atoms with Gasteiger partial charge in [-0.3, -0.25) is 24.1 Å². The van der Waals surface area contributed by atoms with Crippen LogP contribution in [0, 0.1) is 0 Å². The zero-order chi connectivity index (χ0) is 51.9. The number of amides is 2. The lowest BCUT2D eigenvalue weighted by molar-refractivity contribution is -0.303. The number of nitrogens with one attached hydrogen (secondary N) is 2. The summed E-state index contributed by atoms with van der Waals surface area (Å²) >= 11 is 0. The molecule has 3 saturated heterocycles. The van der Waals surface area contributed by atoms with E-state index in [1.807, 2.05) is 0 Å². The minimum atomic E-state index is -1.73. The third kappa shape index (κ3) is 19.4. The highest BCUT2D eigenvalue weighted by Crippen LogP contribution is 2.25. The lowest BCUT2D eigenvalue weighted by atomic mass is 9.99. The van der Waals surface area contributed by atoms with Gasteiger partial charge in [0.25, 0.3) is 0 Å². The van der Waals surface area contributed by atoms with Crippen molar-refractivity contribution in [1.29, 1.82) is 0 Å². The van der Waals surface area contributed by atoms with Crippen molar-refractivity contribution in [3.63, 3.8) is 0 Å². The van der Waals surface area contributed by atoms with E-state index < -0.39 is 130 Å². The van der Waals surface area contributed by atoms with Gasteiger partial charge < -0.3 is 106 Å². The zero-order valence-electron chi connectivity index (χ0n) is 39.8. The number of unbranched alkanes of at least 4 members (excludes halogenated alkanes) is 4. The van der Waals surface area contributed by atoms with Crippen molar-refractivity contribution in [2.75, 3.05) is 65.8 Å². The largest absolute Gasteiger partial charge is 0.394 e. The number of carbonyl (C=O) groups excluding carboxylic acids is 4. The van der Waals surface area contributed by atoms with Crippen molar-refractivity contribution >= 4 is 23.4 Å². The molecule has 16 N–H and O–H groups in total. The Morgan fingerprint density at radius 1 is 0.557 bits per heavy atom. The molecule has 0 aliphatic carbocycles. The van der Waals surface area contributed by atoms with E-state index in [0.717, 1.165) is 6.42 Å². The number of hydrogen-bond donors (Lipinski definition) is 15. The Morgan fingerprint density at radius 3 is 1.43 bits per heavy atom. The topological polar surface area (TPSA) is 420 Å². The van der Waals surface area contributed by atoms with E-state index in [2.05, 4.69) is 10.6 Å². The molecule has 0 aromatic rings. The number of aliphatic hydroxyl groups excluding tert-OH is 12. The Labute approximate surface area is 406 Å². The molecule has 0 aromatic heterocycles. The molecule has 0 unspecified atom stereocenters. The van der Waals surface area contributed by atoms with Crippen LogP contribution >= 0.6 is 0 Å². The van der Waals surface area contributed by atoms with Gasteiger partial charge in [-0.1, -0.05) is 12.8 Å². The van der Waals surface area contributed by atoms with E-state index >= 15 is 0 Å². The third-order valence-corrected chi connectivity index (χ3v) is 12.6. The smallest absolute Gasteiger partial charge is 0.237 e. The van der Waals surface area contributed by atoms with Crippen molar-refractivity contribution in [1.82, 2.24) is 15.5 Å². The minimum absolute atomic E-state index is 0.0187. The molecular formula is C44H80N4O22. The Morgan fingerprint density at radius 2 is 0.986 bits per heavy atom. The van der Waals surface area contributed by atoms with Crippen molar-refractivity contribution in [3.05, 3.63) is 0 Å². The number of ketones is 2. The van der Waals surface area contributed by atoms with Gasteiger partial charge in [0.05, 0.1) is 51.7 Å². The summed E-state index contributed by atoms with van der Waals surface area (Å²) < 4.78 is 33.3. The van der Waals surface area contributed by atoms with E-state index in [1.165, 1.54) is 6.92 Å². The number of aliphatic hydroxyl groups is 12. The Bertz CT molecular complexity index is 1480. The van der Waals surface area contributed by atoms with Gasteiger partial charge in [0.1, 0.15) is 79.0 Å². The minimum Gasteiger partial charge on any atom is -0.394 e. The van der Waals surface area contributed by atoms with Crippen LogP contribution in [-0.4, -0.2) is 260 Å². The molecule has 26 nitrogen and oxygen atoms in total. The predicted octanol–water partition coefficient (Wildman–Crippen LogP) is -6.49. The molecular weight excluding hydrogens is 936 g/mol. The molecule has 0 bridgehead atoms. The molecule has 408 valence electrons. The highest BCUT2D eigenvalue weighted by Gasteiger charge is 2.46. The van der Waals surface area contributed by atoms with Crippen molar-refractivity contribution < 1.29 is 109 Å². The number of Topliss-reactive ketones (excluding diaryl/α,β-unsaturated/α-hetero) is 2. The van der Waals surface area contributed by atoms with Crippen molar-refractivity contribution in [2.24, 2.45) is 5.73 Å². The third-order valence-electron chi connectivity index (χ3n) is 12.6. The first-order chi connectivity index (χ1) is 33.4. The summed E-state index contributed by atoms with van der Waals surface area (Å²) in [7, 11) is 0. The normalized spacial score (nSPS) is 32.4. The van der Waals surface area contributed by atoms with Gasteiger partial charge >= 0.3 is 0 Å². The fraction of sp³-hybridized carbons (Fsp3) is 0.909. The second kappa shape index (κ2) is 32.6. The summed E-state index contributed by atoms with van der Waals surface area (Å²) in [4.78, 5) is 52.9. The van der Waals surface area contributed by atoms with E-state index in [4.69, 9.17) is 34.2 Å². The molecule has 3 rings (SSSR count). The molecule has 3 aliphatic rings. The van der Waals surface area contributed by atoms with E-state index in [0.29, 0.717) is 51.5 Å². The summed E-state index contributed by atoms with van der Waals surface area (Å²) in [5, 5.41) is 127. The molecule has 26 heteroatoms. The molecule has 70 heavy (non-hydrogen) atoms. The number of rotatable bonds is 34. The average Bonchev–Trinajstić information content (AvgIpc) is 3.34. The SMILES string of the molecule is CC(=O)[C@H](CCCCN)NC(=O)CCCCC(=O)CCCCC[C@@H](C(=O)NCCO[C@H]1O[C@H](CO)[C@@H](O)[C@H](O)[C@@H]1O)N(CCO[C@H]1O[C@H](CO)[C@@H](O)[C@H](O)[C@@H]1O)CCO[C@H]1O[C@H](CO)[C@@H](O)[C@H](O)[C@@H]1O. The molecule has 0 spiro atoms. The standard InChI is InChI=1S/C44H80N4O22/c1-24(52)26(11-7-8-14-45)47-31(54)13-6-5-10-25(53)9-3-2-4-12-27(41(64)46-15-18-65-42-38(61)35(58)32(55)28(21-49)68-42)48(16-19-66-43-39(62)36(59)33(56)29(22-50)69-43)17-20-67-44-40(63)37(60)34(57)30(23-51)70-44/h26-30,32-40,42-44,49-51,55-63H,2-23,45H2,1H3,(H,46,64)(H,47,54)/t26-,27-,28+,29+,30+,32+,33+,34+,35-,36-,37-,38-,39-,40-,42-,43-,44-/m0/s1. The first-order valence-corrected chi connectivity index (χ1v) is 24.2. The van der Waals surface area contributed by atoms with Gasteiger partial charge in [-0.15, -0.1) is 0 Å². The molecule has 3 heterocycles. The number of nitrogens with zero attached hydrogens (tertiary/aromatic N) is 1. The molecule has 2 amide bonds. The molecule has 3 fully saturated rings. The van der Waals surface area contributed by atoms with Crippen LogP contribution in [0.4, 0.5) is 0 Å². The maximum absolute atomic E-state index is 14.1.